The standard InChI is InChI=1S/C16H20N2O5/c1-21-13-4-2-3-11-9-12(10-23-14(11)13)15(19)17-5-6-18-7-8-22-16(18)20/h2-4,12H,5-10H2,1H3,(H,17,19)/t12-/m0/s1. The summed E-state index contributed by atoms with van der Waals surface area (Å²) in [7, 11) is 1.60. The number of nitrogens with zero attached hydrogens (tertiary/aromatic N) is 1. The molecular formula is C16H20N2O5. The van der Waals surface area contributed by atoms with Crippen molar-refractivity contribution in [3.63, 3.8) is 0 Å². The number of hydrogen-bond acceptors (Lipinski definition) is 5. The molecule has 2 amide bonds. The summed E-state index contributed by atoms with van der Waals surface area (Å²) >= 11 is 0. The van der Waals surface area contributed by atoms with E-state index in [1.807, 2.05) is 18.2 Å². The highest BCUT2D eigenvalue weighted by Gasteiger charge is 2.28. The summed E-state index contributed by atoms with van der Waals surface area (Å²) in [4.78, 5) is 25.2. The second-order valence-electron chi connectivity index (χ2n) is 5.55. The molecule has 124 valence electrons. The number of nitrogens with one attached hydrogen (secondary N) is 1. The highest BCUT2D eigenvalue weighted by molar-refractivity contribution is 5.79. The summed E-state index contributed by atoms with van der Waals surface area (Å²) in [5, 5.41) is 2.86. The van der Waals surface area contributed by atoms with Crippen LogP contribution in [0.25, 0.3) is 0 Å². The van der Waals surface area contributed by atoms with Gasteiger partial charge >= 0.3 is 6.09 Å². The van der Waals surface area contributed by atoms with Crippen LogP contribution in [0, 0.1) is 5.92 Å². The van der Waals surface area contributed by atoms with Gasteiger partial charge in [0.25, 0.3) is 0 Å². The molecule has 1 N–H and O–H groups in total. The number of rotatable bonds is 5. The Kier molecular flexibility index (Phi) is 4.55. The fourth-order valence-electron chi connectivity index (χ4n) is 2.81. The lowest BCUT2D eigenvalue weighted by atomic mass is 9.95. The Balaban J connectivity index is 1.52. The fourth-order valence-corrected chi connectivity index (χ4v) is 2.81. The fraction of sp³-hybridized carbons (Fsp3) is 0.500. The van der Waals surface area contributed by atoms with E-state index >= 15 is 0 Å². The number of carbonyl (C=O) groups excluding carboxylic acids is 2. The van der Waals surface area contributed by atoms with E-state index in [1.165, 1.54) is 0 Å². The smallest absolute Gasteiger partial charge is 0.409 e. The van der Waals surface area contributed by atoms with Crippen molar-refractivity contribution in [2.24, 2.45) is 5.92 Å². The first-order chi connectivity index (χ1) is 11.2. The molecule has 0 radical (unpaired) electrons. The molecule has 0 unspecified atom stereocenters. The van der Waals surface area contributed by atoms with Crippen molar-refractivity contribution in [2.75, 3.05) is 40.0 Å². The van der Waals surface area contributed by atoms with E-state index in [-0.39, 0.29) is 17.9 Å². The van der Waals surface area contributed by atoms with E-state index in [9.17, 15) is 9.59 Å². The van der Waals surface area contributed by atoms with Crippen LogP contribution in [-0.2, 0) is 16.0 Å². The summed E-state index contributed by atoms with van der Waals surface area (Å²) in [5.41, 5.74) is 0.971. The lowest BCUT2D eigenvalue weighted by molar-refractivity contribution is -0.126. The van der Waals surface area contributed by atoms with Crippen LogP contribution in [0.1, 0.15) is 5.56 Å². The lowest BCUT2D eigenvalue weighted by Gasteiger charge is -2.26. The van der Waals surface area contributed by atoms with Gasteiger partial charge in [-0.25, -0.2) is 4.79 Å². The molecule has 2 aliphatic rings. The van der Waals surface area contributed by atoms with E-state index in [0.717, 1.165) is 11.3 Å². The van der Waals surface area contributed by atoms with Crippen LogP contribution < -0.4 is 14.8 Å². The number of methoxy groups -OCH3 is 1. The number of fused-ring (bicyclic) bond motifs is 1. The Morgan fingerprint density at radius 1 is 1.43 bits per heavy atom. The monoisotopic (exact) mass is 320 g/mol. The number of cyclic esters (lactones) is 1. The summed E-state index contributed by atoms with van der Waals surface area (Å²) in [5.74, 6) is 1.11. The van der Waals surface area contributed by atoms with Gasteiger partial charge < -0.3 is 24.4 Å². The molecule has 0 saturated carbocycles. The van der Waals surface area contributed by atoms with Crippen molar-refractivity contribution in [1.82, 2.24) is 10.2 Å². The molecule has 23 heavy (non-hydrogen) atoms. The minimum Gasteiger partial charge on any atom is -0.493 e. The summed E-state index contributed by atoms with van der Waals surface area (Å²) in [6.45, 7) is 2.19. The van der Waals surface area contributed by atoms with Crippen LogP contribution in [-0.4, -0.2) is 56.9 Å². The van der Waals surface area contributed by atoms with Crippen LogP contribution in [0.3, 0.4) is 0 Å². The number of hydrogen-bond donors (Lipinski definition) is 1. The molecule has 3 rings (SSSR count). The zero-order chi connectivity index (χ0) is 16.2. The van der Waals surface area contributed by atoms with Crippen LogP contribution in [0.15, 0.2) is 18.2 Å². The van der Waals surface area contributed by atoms with E-state index in [4.69, 9.17) is 14.2 Å². The normalized spacial score (nSPS) is 19.6. The van der Waals surface area contributed by atoms with Crippen LogP contribution in [0.5, 0.6) is 11.5 Å². The predicted octanol–water partition coefficient (Wildman–Crippen LogP) is 0.815. The SMILES string of the molecule is COc1cccc2c1OC[C@@H](C(=O)NCCN1CCOC1=O)C2. The first kappa shape index (κ1) is 15.5. The maximum absolute atomic E-state index is 12.3. The zero-order valence-corrected chi connectivity index (χ0v) is 13.0. The molecule has 0 aromatic heterocycles. The van der Waals surface area contributed by atoms with Crippen molar-refractivity contribution in [2.45, 2.75) is 6.42 Å². The number of ether oxygens (including phenoxy) is 3. The summed E-state index contributed by atoms with van der Waals surface area (Å²) in [6.07, 6.45) is 0.297. The molecule has 7 heteroatoms. The number of amides is 2. The molecular weight excluding hydrogens is 300 g/mol. The van der Waals surface area contributed by atoms with Gasteiger partial charge in [-0.05, 0) is 18.1 Å². The van der Waals surface area contributed by atoms with Gasteiger partial charge in [0.15, 0.2) is 11.5 Å². The van der Waals surface area contributed by atoms with Crippen molar-refractivity contribution < 1.29 is 23.8 Å². The molecule has 1 aromatic rings. The van der Waals surface area contributed by atoms with Crippen molar-refractivity contribution in [3.05, 3.63) is 23.8 Å². The molecule has 2 aliphatic heterocycles. The molecule has 1 saturated heterocycles. The number of benzene rings is 1. The summed E-state index contributed by atoms with van der Waals surface area (Å²) < 4.78 is 15.8. The minimum atomic E-state index is -0.318. The first-order valence-electron chi connectivity index (χ1n) is 7.67. The van der Waals surface area contributed by atoms with Gasteiger partial charge in [-0.3, -0.25) is 4.79 Å². The van der Waals surface area contributed by atoms with E-state index in [1.54, 1.807) is 12.0 Å². The Bertz CT molecular complexity index is 604. The highest BCUT2D eigenvalue weighted by Crippen LogP contribution is 2.35. The highest BCUT2D eigenvalue weighted by atomic mass is 16.6. The Morgan fingerprint density at radius 3 is 3.04 bits per heavy atom. The maximum Gasteiger partial charge on any atom is 0.409 e. The van der Waals surface area contributed by atoms with Crippen LogP contribution in [0.2, 0.25) is 0 Å². The zero-order valence-electron chi connectivity index (χ0n) is 13.0. The van der Waals surface area contributed by atoms with Crippen LogP contribution >= 0.6 is 0 Å². The average molecular weight is 320 g/mol. The van der Waals surface area contributed by atoms with Crippen molar-refractivity contribution in [3.8, 4) is 11.5 Å². The molecule has 1 fully saturated rings. The predicted molar refractivity (Wildman–Crippen MR) is 81.6 cm³/mol. The molecule has 0 bridgehead atoms. The quantitative estimate of drug-likeness (QED) is 0.869. The number of carbonyl (C=O) groups is 2. The third-order valence-corrected chi connectivity index (χ3v) is 4.07. The Labute approximate surface area is 134 Å². The molecule has 1 aromatic carbocycles. The number of para-hydroxylation sites is 1. The topological polar surface area (TPSA) is 77.1 Å². The molecule has 7 nitrogen and oxygen atoms in total. The largest absolute Gasteiger partial charge is 0.493 e. The van der Waals surface area contributed by atoms with Gasteiger partial charge in [0.1, 0.15) is 13.2 Å². The minimum absolute atomic E-state index is 0.0639. The molecule has 2 heterocycles. The first-order valence-corrected chi connectivity index (χ1v) is 7.67. The average Bonchev–Trinajstić information content (AvgIpc) is 2.98. The van der Waals surface area contributed by atoms with Crippen molar-refractivity contribution in [1.29, 1.82) is 0 Å². The Hall–Kier alpha value is -2.44. The van der Waals surface area contributed by atoms with Gasteiger partial charge in [-0.1, -0.05) is 12.1 Å². The Morgan fingerprint density at radius 2 is 2.30 bits per heavy atom. The maximum atomic E-state index is 12.3. The molecule has 0 aliphatic carbocycles. The lowest BCUT2D eigenvalue weighted by Crippen LogP contribution is -2.41. The third kappa shape index (κ3) is 3.33. The van der Waals surface area contributed by atoms with E-state index in [0.29, 0.717) is 45.0 Å². The second kappa shape index (κ2) is 6.76. The summed E-state index contributed by atoms with van der Waals surface area (Å²) in [6, 6.07) is 5.67. The van der Waals surface area contributed by atoms with Gasteiger partial charge in [-0.15, -0.1) is 0 Å². The van der Waals surface area contributed by atoms with Gasteiger partial charge in [0.05, 0.1) is 19.6 Å². The van der Waals surface area contributed by atoms with Crippen molar-refractivity contribution >= 4 is 12.0 Å². The molecule has 0 spiro atoms. The second-order valence-corrected chi connectivity index (χ2v) is 5.55. The van der Waals surface area contributed by atoms with Gasteiger partial charge in [0.2, 0.25) is 5.91 Å². The van der Waals surface area contributed by atoms with E-state index < -0.39 is 0 Å². The van der Waals surface area contributed by atoms with E-state index in [2.05, 4.69) is 5.32 Å². The van der Waals surface area contributed by atoms with Crippen LogP contribution in [0.4, 0.5) is 4.79 Å². The molecule has 1 atom stereocenters. The van der Waals surface area contributed by atoms with Gasteiger partial charge in [-0.2, -0.15) is 0 Å². The van der Waals surface area contributed by atoms with Gasteiger partial charge in [0, 0.05) is 13.1 Å². The third-order valence-electron chi connectivity index (χ3n) is 4.07.